The largest absolute Gasteiger partial charge is 0.469 e. The zero-order chi connectivity index (χ0) is 20.1. The van der Waals surface area contributed by atoms with Crippen LogP contribution in [0.3, 0.4) is 0 Å². The Labute approximate surface area is 158 Å². The summed E-state index contributed by atoms with van der Waals surface area (Å²) in [6, 6.07) is 0. The highest BCUT2D eigenvalue weighted by molar-refractivity contribution is 7.46. The number of phosphoric ester groups is 1. The van der Waals surface area contributed by atoms with Crippen molar-refractivity contribution in [1.82, 2.24) is 0 Å². The highest BCUT2D eigenvalue weighted by Crippen LogP contribution is 2.35. The van der Waals surface area contributed by atoms with Crippen LogP contribution in [0.15, 0.2) is 0 Å². The Hall–Kier alpha value is -0.0100. The smallest absolute Gasteiger partial charge is 0.388 e. The second-order valence-electron chi connectivity index (χ2n) is 8.20. The van der Waals surface area contributed by atoms with Gasteiger partial charge in [0.05, 0.1) is 13.2 Å². The molecule has 8 heteroatoms. The second-order valence-corrected chi connectivity index (χ2v) is 9.44. The molecule has 0 rings (SSSR count). The van der Waals surface area contributed by atoms with Crippen molar-refractivity contribution in [3.8, 4) is 0 Å². The standard InChI is InChI=1S/C18H39O7P/c1-16(13-18(2,3)4)9-12-23-10-7-5-6-8-11-24-14-17(19)15-25-26(20,21)22/h16-17,19H,5-15H2,1-4H3,(H2,20,21,22). The molecule has 158 valence electrons. The van der Waals surface area contributed by atoms with Crippen molar-refractivity contribution in [2.45, 2.75) is 72.3 Å². The molecule has 0 aliphatic rings. The molecule has 0 radical (unpaired) electrons. The zero-order valence-corrected chi connectivity index (χ0v) is 17.7. The number of phosphoric acid groups is 1. The van der Waals surface area contributed by atoms with Gasteiger partial charge in [-0.2, -0.15) is 0 Å². The number of aliphatic hydroxyl groups excluding tert-OH is 1. The summed E-state index contributed by atoms with van der Waals surface area (Å²) in [7, 11) is -4.53. The second kappa shape index (κ2) is 14.1. The van der Waals surface area contributed by atoms with Crippen molar-refractivity contribution in [3.05, 3.63) is 0 Å². The highest BCUT2D eigenvalue weighted by atomic mass is 31.2. The van der Waals surface area contributed by atoms with Crippen molar-refractivity contribution in [1.29, 1.82) is 0 Å². The van der Waals surface area contributed by atoms with Crippen LogP contribution in [0.1, 0.15) is 66.2 Å². The van der Waals surface area contributed by atoms with E-state index < -0.39 is 20.5 Å². The van der Waals surface area contributed by atoms with E-state index >= 15 is 0 Å². The van der Waals surface area contributed by atoms with E-state index in [1.54, 1.807) is 0 Å². The minimum Gasteiger partial charge on any atom is -0.388 e. The van der Waals surface area contributed by atoms with Crippen LogP contribution in [0.5, 0.6) is 0 Å². The van der Waals surface area contributed by atoms with Gasteiger partial charge in [0.2, 0.25) is 0 Å². The molecule has 2 unspecified atom stereocenters. The molecule has 0 aliphatic carbocycles. The average molecular weight is 398 g/mol. The van der Waals surface area contributed by atoms with Crippen molar-refractivity contribution < 1.29 is 33.5 Å². The van der Waals surface area contributed by atoms with Crippen LogP contribution < -0.4 is 0 Å². The monoisotopic (exact) mass is 398 g/mol. The molecule has 3 N–H and O–H groups in total. The molecule has 0 aromatic rings. The summed E-state index contributed by atoms with van der Waals surface area (Å²) in [4.78, 5) is 17.0. The molecule has 0 saturated carbocycles. The highest BCUT2D eigenvalue weighted by Gasteiger charge is 2.17. The van der Waals surface area contributed by atoms with Gasteiger partial charge >= 0.3 is 7.82 Å². The van der Waals surface area contributed by atoms with Crippen LogP contribution in [0.25, 0.3) is 0 Å². The van der Waals surface area contributed by atoms with Gasteiger partial charge in [0.15, 0.2) is 0 Å². The first kappa shape index (κ1) is 26.0. The molecule has 0 aromatic carbocycles. The lowest BCUT2D eigenvalue weighted by Crippen LogP contribution is -2.21. The third-order valence-electron chi connectivity index (χ3n) is 3.79. The first-order valence-electron chi connectivity index (χ1n) is 9.53. The molecule has 0 aromatic heterocycles. The first-order chi connectivity index (χ1) is 12.0. The van der Waals surface area contributed by atoms with E-state index in [9.17, 15) is 9.67 Å². The minimum absolute atomic E-state index is 0.00978. The van der Waals surface area contributed by atoms with E-state index in [1.807, 2.05) is 0 Å². The molecule has 0 spiro atoms. The summed E-state index contributed by atoms with van der Waals surface area (Å²) in [6.45, 7) is 10.8. The quantitative estimate of drug-likeness (QED) is 0.270. The van der Waals surface area contributed by atoms with Crippen LogP contribution in [-0.2, 0) is 18.6 Å². The van der Waals surface area contributed by atoms with Gasteiger partial charge in [-0.15, -0.1) is 0 Å². The van der Waals surface area contributed by atoms with Crippen LogP contribution >= 0.6 is 7.82 Å². The predicted molar refractivity (Wildman–Crippen MR) is 102 cm³/mol. The summed E-state index contributed by atoms with van der Waals surface area (Å²) in [5.74, 6) is 0.689. The lowest BCUT2D eigenvalue weighted by atomic mass is 9.84. The van der Waals surface area contributed by atoms with E-state index in [0.29, 0.717) is 17.9 Å². The molecular formula is C18H39O7P. The van der Waals surface area contributed by atoms with E-state index in [-0.39, 0.29) is 6.61 Å². The van der Waals surface area contributed by atoms with E-state index in [4.69, 9.17) is 19.3 Å². The Balaban J connectivity index is 3.33. The van der Waals surface area contributed by atoms with Gasteiger partial charge in [0.25, 0.3) is 0 Å². The molecule has 0 fully saturated rings. The van der Waals surface area contributed by atoms with Crippen molar-refractivity contribution in [2.75, 3.05) is 33.0 Å². The Bertz CT molecular complexity index is 378. The minimum atomic E-state index is -4.53. The third kappa shape index (κ3) is 20.3. The molecule has 7 nitrogen and oxygen atoms in total. The predicted octanol–water partition coefficient (Wildman–Crippen LogP) is 3.51. The fraction of sp³-hybridized carbons (Fsp3) is 1.00. The van der Waals surface area contributed by atoms with Crippen molar-refractivity contribution >= 4 is 7.82 Å². The molecule has 0 bridgehead atoms. The van der Waals surface area contributed by atoms with Crippen LogP contribution in [0, 0.1) is 11.3 Å². The average Bonchev–Trinajstić information content (AvgIpc) is 2.48. The number of rotatable bonds is 16. The normalized spacial score (nSPS) is 15.2. The molecular weight excluding hydrogens is 359 g/mol. The topological polar surface area (TPSA) is 105 Å². The SMILES string of the molecule is CC(CCOCCCCCCOCC(O)COP(=O)(O)O)CC(C)(C)C. The van der Waals surface area contributed by atoms with Gasteiger partial charge in [-0.1, -0.05) is 40.5 Å². The number of hydrogen-bond donors (Lipinski definition) is 3. The number of unbranched alkanes of at least 4 members (excludes halogenated alkanes) is 3. The van der Waals surface area contributed by atoms with Crippen LogP contribution in [0.2, 0.25) is 0 Å². The van der Waals surface area contributed by atoms with Gasteiger partial charge in [0, 0.05) is 19.8 Å². The summed E-state index contributed by atoms with van der Waals surface area (Å²) < 4.78 is 25.6. The Kier molecular flexibility index (Phi) is 14.0. The lowest BCUT2D eigenvalue weighted by Gasteiger charge is -2.23. The Morgan fingerprint density at radius 2 is 1.50 bits per heavy atom. The van der Waals surface area contributed by atoms with Crippen LogP contribution in [0.4, 0.5) is 0 Å². The van der Waals surface area contributed by atoms with E-state index in [2.05, 4.69) is 32.2 Å². The van der Waals surface area contributed by atoms with Crippen molar-refractivity contribution in [2.24, 2.45) is 11.3 Å². The molecule has 0 aliphatic heterocycles. The van der Waals surface area contributed by atoms with Gasteiger partial charge in [-0.05, 0) is 37.0 Å². The van der Waals surface area contributed by atoms with Gasteiger partial charge < -0.3 is 24.4 Å². The number of aliphatic hydroxyl groups is 1. The fourth-order valence-electron chi connectivity index (χ4n) is 2.75. The number of hydrogen-bond acceptors (Lipinski definition) is 5. The summed E-state index contributed by atoms with van der Waals surface area (Å²) >= 11 is 0. The maximum absolute atomic E-state index is 10.5. The molecule has 0 amide bonds. The third-order valence-corrected chi connectivity index (χ3v) is 4.27. The van der Waals surface area contributed by atoms with Gasteiger partial charge in [-0.3, -0.25) is 4.52 Å². The summed E-state index contributed by atoms with van der Waals surface area (Å²) in [5.41, 5.74) is 0.379. The summed E-state index contributed by atoms with van der Waals surface area (Å²) in [5, 5.41) is 9.43. The summed E-state index contributed by atoms with van der Waals surface area (Å²) in [6.07, 6.45) is 5.32. The Morgan fingerprint density at radius 1 is 0.923 bits per heavy atom. The van der Waals surface area contributed by atoms with Crippen LogP contribution in [-0.4, -0.2) is 54.0 Å². The maximum atomic E-state index is 10.5. The van der Waals surface area contributed by atoms with E-state index in [1.165, 1.54) is 6.42 Å². The van der Waals surface area contributed by atoms with E-state index in [0.717, 1.165) is 45.3 Å². The Morgan fingerprint density at radius 3 is 2.04 bits per heavy atom. The van der Waals surface area contributed by atoms with Gasteiger partial charge in [-0.25, -0.2) is 4.57 Å². The molecule has 2 atom stereocenters. The fourth-order valence-corrected chi connectivity index (χ4v) is 3.11. The van der Waals surface area contributed by atoms with Gasteiger partial charge in [0.1, 0.15) is 6.10 Å². The molecule has 26 heavy (non-hydrogen) atoms. The number of ether oxygens (including phenoxy) is 2. The van der Waals surface area contributed by atoms with Crippen molar-refractivity contribution in [3.63, 3.8) is 0 Å². The first-order valence-corrected chi connectivity index (χ1v) is 11.1. The molecule has 0 heterocycles. The molecule has 0 saturated heterocycles. The zero-order valence-electron chi connectivity index (χ0n) is 16.9. The lowest BCUT2D eigenvalue weighted by molar-refractivity contribution is 0.00465. The maximum Gasteiger partial charge on any atom is 0.469 e.